The van der Waals surface area contributed by atoms with Gasteiger partial charge in [-0.25, -0.2) is 4.39 Å². The zero-order valence-electron chi connectivity index (χ0n) is 11.0. The minimum Gasteiger partial charge on any atom is -0.294 e. The van der Waals surface area contributed by atoms with Gasteiger partial charge in [-0.2, -0.15) is 0 Å². The number of hydrogen-bond donors (Lipinski definition) is 0. The van der Waals surface area contributed by atoms with Crippen molar-refractivity contribution in [2.75, 3.05) is 12.4 Å². The first-order chi connectivity index (χ1) is 9.70. The van der Waals surface area contributed by atoms with Gasteiger partial charge in [0.1, 0.15) is 5.82 Å². The van der Waals surface area contributed by atoms with Crippen molar-refractivity contribution in [1.82, 2.24) is 4.90 Å². The molecular formula is C16H16BrClFN. The fourth-order valence-corrected chi connectivity index (χ4v) is 2.72. The summed E-state index contributed by atoms with van der Waals surface area (Å²) >= 11 is 9.18. The molecule has 0 N–H and O–H groups in total. The zero-order valence-corrected chi connectivity index (χ0v) is 13.4. The van der Waals surface area contributed by atoms with Crippen LogP contribution in [0.3, 0.4) is 0 Å². The minimum atomic E-state index is -0.229. The predicted octanol–water partition coefficient (Wildman–Crippen LogP) is 4.83. The Morgan fingerprint density at radius 1 is 1.00 bits per heavy atom. The molecule has 106 valence electrons. The number of rotatable bonds is 6. The summed E-state index contributed by atoms with van der Waals surface area (Å²) in [5.74, 6) is 0.327. The molecule has 0 aliphatic rings. The Morgan fingerprint density at radius 3 is 2.45 bits per heavy atom. The molecule has 0 aromatic heterocycles. The van der Waals surface area contributed by atoms with E-state index in [-0.39, 0.29) is 5.82 Å². The average Bonchev–Trinajstić information content (AvgIpc) is 2.45. The van der Waals surface area contributed by atoms with Gasteiger partial charge in [0, 0.05) is 25.5 Å². The molecule has 0 bridgehead atoms. The van der Waals surface area contributed by atoms with Crippen LogP contribution in [0.5, 0.6) is 0 Å². The fourth-order valence-electron chi connectivity index (χ4n) is 2.09. The Hall–Kier alpha value is -0.900. The summed E-state index contributed by atoms with van der Waals surface area (Å²) in [6.07, 6.45) is 0. The first-order valence-electron chi connectivity index (χ1n) is 6.46. The van der Waals surface area contributed by atoms with Crippen molar-refractivity contribution in [2.24, 2.45) is 0 Å². The van der Waals surface area contributed by atoms with Gasteiger partial charge < -0.3 is 0 Å². The lowest BCUT2D eigenvalue weighted by molar-refractivity contribution is 0.272. The van der Waals surface area contributed by atoms with Crippen LogP contribution >= 0.6 is 27.5 Å². The van der Waals surface area contributed by atoms with E-state index in [0.717, 1.165) is 18.7 Å². The van der Waals surface area contributed by atoms with Crippen LogP contribution in [0, 0.1) is 5.82 Å². The monoisotopic (exact) mass is 355 g/mol. The summed E-state index contributed by atoms with van der Waals surface area (Å²) in [4.78, 5) is 2.21. The van der Waals surface area contributed by atoms with Crippen LogP contribution in [0.1, 0.15) is 11.1 Å². The van der Waals surface area contributed by atoms with E-state index in [9.17, 15) is 4.39 Å². The summed E-state index contributed by atoms with van der Waals surface area (Å²) in [6.45, 7) is 2.23. The maximum atomic E-state index is 13.6. The van der Waals surface area contributed by atoms with Crippen molar-refractivity contribution in [3.8, 4) is 0 Å². The van der Waals surface area contributed by atoms with E-state index in [0.29, 0.717) is 16.9 Å². The lowest BCUT2D eigenvalue weighted by atomic mass is 10.1. The third kappa shape index (κ3) is 4.30. The van der Waals surface area contributed by atoms with Crippen LogP contribution in [-0.2, 0) is 13.1 Å². The van der Waals surface area contributed by atoms with Crippen LogP contribution in [0.25, 0.3) is 0 Å². The first-order valence-corrected chi connectivity index (χ1v) is 7.78. The predicted molar refractivity (Wildman–Crippen MR) is 85.4 cm³/mol. The Bertz CT molecular complexity index is 547. The molecule has 20 heavy (non-hydrogen) atoms. The Morgan fingerprint density at radius 2 is 1.75 bits per heavy atom. The second-order valence-corrected chi connectivity index (χ2v) is 5.77. The van der Waals surface area contributed by atoms with E-state index >= 15 is 0 Å². The number of nitrogens with zero attached hydrogens (tertiary/aromatic N) is 1. The van der Waals surface area contributed by atoms with Crippen molar-refractivity contribution >= 4 is 27.5 Å². The summed E-state index contributed by atoms with van der Waals surface area (Å²) in [5, 5.41) is 0. The molecule has 0 radical (unpaired) electrons. The molecule has 4 heteroatoms. The SMILES string of the molecule is Fc1cccc(CN(CCCl)Cc2ccccc2)c1Br. The van der Waals surface area contributed by atoms with Gasteiger partial charge in [0.25, 0.3) is 0 Å². The van der Waals surface area contributed by atoms with Gasteiger partial charge in [0.05, 0.1) is 4.47 Å². The Labute approximate surface area is 132 Å². The van der Waals surface area contributed by atoms with Crippen LogP contribution in [0.4, 0.5) is 4.39 Å². The van der Waals surface area contributed by atoms with Crippen molar-refractivity contribution in [1.29, 1.82) is 0 Å². The topological polar surface area (TPSA) is 3.24 Å². The van der Waals surface area contributed by atoms with Gasteiger partial charge in [0.2, 0.25) is 0 Å². The molecule has 0 fully saturated rings. The number of hydrogen-bond acceptors (Lipinski definition) is 1. The quantitative estimate of drug-likeness (QED) is 0.670. The molecule has 1 nitrogen and oxygen atoms in total. The second kappa shape index (κ2) is 7.77. The highest BCUT2D eigenvalue weighted by Gasteiger charge is 2.11. The highest BCUT2D eigenvalue weighted by molar-refractivity contribution is 9.10. The molecule has 0 amide bonds. The van der Waals surface area contributed by atoms with E-state index in [1.807, 2.05) is 24.3 Å². The molecule has 0 saturated carbocycles. The smallest absolute Gasteiger partial charge is 0.137 e. The van der Waals surface area contributed by atoms with Crippen LogP contribution < -0.4 is 0 Å². The Kier molecular flexibility index (Phi) is 6.02. The molecule has 0 saturated heterocycles. The maximum Gasteiger partial charge on any atom is 0.137 e. The van der Waals surface area contributed by atoms with Crippen LogP contribution in [0.2, 0.25) is 0 Å². The number of benzene rings is 2. The summed E-state index contributed by atoms with van der Waals surface area (Å²) in [7, 11) is 0. The van der Waals surface area contributed by atoms with Crippen LogP contribution in [-0.4, -0.2) is 17.3 Å². The number of halogens is 3. The number of alkyl halides is 1. The molecule has 0 aliphatic heterocycles. The third-order valence-electron chi connectivity index (χ3n) is 3.08. The summed E-state index contributed by atoms with van der Waals surface area (Å²) in [5.41, 5.74) is 2.16. The summed E-state index contributed by atoms with van der Waals surface area (Å²) in [6, 6.07) is 15.3. The van der Waals surface area contributed by atoms with Crippen molar-refractivity contribution in [2.45, 2.75) is 13.1 Å². The standard InChI is InChI=1S/C16H16BrClFN/c17-16-14(7-4-8-15(16)19)12-20(10-9-18)11-13-5-2-1-3-6-13/h1-8H,9-12H2. The van der Waals surface area contributed by atoms with Crippen molar-refractivity contribution in [3.63, 3.8) is 0 Å². The molecule has 0 aliphatic carbocycles. The molecule has 2 aromatic carbocycles. The van der Waals surface area contributed by atoms with Crippen LogP contribution in [0.15, 0.2) is 53.0 Å². The lowest BCUT2D eigenvalue weighted by Crippen LogP contribution is -2.25. The van der Waals surface area contributed by atoms with Crippen molar-refractivity contribution in [3.05, 3.63) is 69.9 Å². The average molecular weight is 357 g/mol. The van der Waals surface area contributed by atoms with Gasteiger partial charge in [0.15, 0.2) is 0 Å². The fraction of sp³-hybridized carbons (Fsp3) is 0.250. The molecule has 0 heterocycles. The molecule has 0 spiro atoms. The lowest BCUT2D eigenvalue weighted by Gasteiger charge is -2.22. The molecule has 0 unspecified atom stereocenters. The van der Waals surface area contributed by atoms with Gasteiger partial charge in [-0.15, -0.1) is 11.6 Å². The van der Waals surface area contributed by atoms with Crippen molar-refractivity contribution < 1.29 is 4.39 Å². The summed E-state index contributed by atoms with van der Waals surface area (Å²) < 4.78 is 14.1. The van der Waals surface area contributed by atoms with Gasteiger partial charge in [-0.05, 0) is 33.1 Å². The highest BCUT2D eigenvalue weighted by atomic mass is 79.9. The molecule has 2 rings (SSSR count). The maximum absolute atomic E-state index is 13.6. The van der Waals surface area contributed by atoms with Gasteiger partial charge >= 0.3 is 0 Å². The van der Waals surface area contributed by atoms with E-state index in [1.165, 1.54) is 11.6 Å². The minimum absolute atomic E-state index is 0.229. The van der Waals surface area contributed by atoms with E-state index in [4.69, 9.17) is 11.6 Å². The molecule has 0 atom stereocenters. The van der Waals surface area contributed by atoms with E-state index in [2.05, 4.69) is 33.0 Å². The highest BCUT2D eigenvalue weighted by Crippen LogP contribution is 2.22. The second-order valence-electron chi connectivity index (χ2n) is 4.60. The zero-order chi connectivity index (χ0) is 14.4. The normalized spacial score (nSPS) is 11.0. The molecular weight excluding hydrogens is 341 g/mol. The first kappa shape index (κ1) is 15.5. The Balaban J connectivity index is 2.11. The third-order valence-corrected chi connectivity index (χ3v) is 4.13. The van der Waals surface area contributed by atoms with E-state index < -0.39 is 0 Å². The van der Waals surface area contributed by atoms with Gasteiger partial charge in [-0.1, -0.05) is 42.5 Å². The van der Waals surface area contributed by atoms with E-state index in [1.54, 1.807) is 6.07 Å². The van der Waals surface area contributed by atoms with Gasteiger partial charge in [-0.3, -0.25) is 4.90 Å². The molecule has 2 aromatic rings. The largest absolute Gasteiger partial charge is 0.294 e.